The summed E-state index contributed by atoms with van der Waals surface area (Å²) in [5.41, 5.74) is 0.702. The van der Waals surface area contributed by atoms with Crippen molar-refractivity contribution in [1.82, 2.24) is 0 Å². The molecule has 1 fully saturated rings. The molecule has 0 aromatic heterocycles. The number of ether oxygens (including phenoxy) is 1. The maximum absolute atomic E-state index is 13.7. The van der Waals surface area contributed by atoms with E-state index >= 15 is 0 Å². The van der Waals surface area contributed by atoms with Gasteiger partial charge in [0, 0.05) is 0 Å². The maximum Gasteiger partial charge on any atom is 0.482 e. The van der Waals surface area contributed by atoms with Gasteiger partial charge >= 0.3 is 6.30 Å². The van der Waals surface area contributed by atoms with E-state index in [4.69, 9.17) is 4.74 Å². The lowest BCUT2D eigenvalue weighted by Crippen LogP contribution is -2.21. The lowest BCUT2D eigenvalue weighted by Gasteiger charge is -2.20. The molecule has 6 heteroatoms. The predicted octanol–water partition coefficient (Wildman–Crippen LogP) is 5.27. The number of anilines is 1. The van der Waals surface area contributed by atoms with Crippen LogP contribution in [-0.2, 0) is 4.74 Å². The van der Waals surface area contributed by atoms with Crippen molar-refractivity contribution in [2.75, 3.05) is 11.9 Å². The molecule has 1 N–H and O–H groups in total. The molecule has 0 spiro atoms. The van der Waals surface area contributed by atoms with Crippen LogP contribution in [0.25, 0.3) is 0 Å². The molecule has 0 amide bonds. The summed E-state index contributed by atoms with van der Waals surface area (Å²) in [6, 6.07) is 12.9. The standard InChI is InChI=1S/C18H17F4NO/c19-15-9-8-14(10-16(15)23-18(20,21)22)17(24-11-12-6-7-12)13-4-2-1-3-5-13/h1-5,8-10,12,17,23H,6-7,11H2. The second kappa shape index (κ2) is 6.81. The van der Waals surface area contributed by atoms with Gasteiger partial charge in [-0.3, -0.25) is 5.32 Å². The molecule has 0 heterocycles. The molecule has 2 aromatic rings. The predicted molar refractivity (Wildman–Crippen MR) is 83.0 cm³/mol. The molecule has 3 rings (SSSR count). The molecule has 1 unspecified atom stereocenters. The zero-order chi connectivity index (χ0) is 17.2. The monoisotopic (exact) mass is 339 g/mol. The molecule has 1 aliphatic rings. The van der Waals surface area contributed by atoms with E-state index in [1.165, 1.54) is 11.4 Å². The zero-order valence-corrected chi connectivity index (χ0v) is 12.8. The van der Waals surface area contributed by atoms with Gasteiger partial charge in [-0.2, -0.15) is 13.2 Å². The molecular weight excluding hydrogens is 322 g/mol. The Balaban J connectivity index is 1.89. The summed E-state index contributed by atoms with van der Waals surface area (Å²) in [5, 5.41) is 1.24. The summed E-state index contributed by atoms with van der Waals surface area (Å²) in [4.78, 5) is 0. The molecule has 128 valence electrons. The summed E-state index contributed by atoms with van der Waals surface area (Å²) in [7, 11) is 0. The molecule has 0 saturated heterocycles. The quantitative estimate of drug-likeness (QED) is 0.571. The molecule has 1 atom stereocenters. The Morgan fingerprint density at radius 2 is 1.75 bits per heavy atom. The van der Waals surface area contributed by atoms with Gasteiger partial charge in [0.1, 0.15) is 11.9 Å². The van der Waals surface area contributed by atoms with Crippen LogP contribution in [-0.4, -0.2) is 12.9 Å². The summed E-state index contributed by atoms with van der Waals surface area (Å²) in [5.74, 6) is -0.450. The molecule has 1 aliphatic carbocycles. The van der Waals surface area contributed by atoms with Gasteiger partial charge in [-0.05, 0) is 42.0 Å². The first-order valence-corrected chi connectivity index (χ1v) is 7.73. The van der Waals surface area contributed by atoms with Crippen molar-refractivity contribution in [2.45, 2.75) is 25.2 Å². The Morgan fingerprint density at radius 1 is 1.04 bits per heavy atom. The molecule has 0 aliphatic heterocycles. The Bertz CT molecular complexity index is 683. The van der Waals surface area contributed by atoms with Crippen molar-refractivity contribution in [3.63, 3.8) is 0 Å². The van der Waals surface area contributed by atoms with E-state index in [-0.39, 0.29) is 0 Å². The average Bonchev–Trinajstić information content (AvgIpc) is 3.34. The van der Waals surface area contributed by atoms with Gasteiger partial charge in [-0.15, -0.1) is 0 Å². The first-order chi connectivity index (χ1) is 11.4. The molecular formula is C18H17F4NO. The fourth-order valence-electron chi connectivity index (χ4n) is 2.48. The van der Waals surface area contributed by atoms with Crippen LogP contribution < -0.4 is 5.32 Å². The minimum Gasteiger partial charge on any atom is -0.368 e. The second-order valence-corrected chi connectivity index (χ2v) is 5.93. The van der Waals surface area contributed by atoms with E-state index in [0.717, 1.165) is 30.5 Å². The molecule has 1 saturated carbocycles. The summed E-state index contributed by atoms with van der Waals surface area (Å²) >= 11 is 0. The summed E-state index contributed by atoms with van der Waals surface area (Å²) in [6.07, 6.45) is -3.02. The third-order valence-corrected chi connectivity index (χ3v) is 3.87. The number of nitrogens with one attached hydrogen (secondary N) is 1. The Kier molecular flexibility index (Phi) is 4.76. The Morgan fingerprint density at radius 3 is 2.38 bits per heavy atom. The van der Waals surface area contributed by atoms with Crippen LogP contribution in [0.1, 0.15) is 30.1 Å². The van der Waals surface area contributed by atoms with Crippen molar-refractivity contribution < 1.29 is 22.3 Å². The molecule has 2 nitrogen and oxygen atoms in total. The minimum absolute atomic E-state index is 0.481. The van der Waals surface area contributed by atoms with E-state index in [9.17, 15) is 17.6 Å². The summed E-state index contributed by atoms with van der Waals surface area (Å²) < 4.78 is 57.2. The fraction of sp³-hybridized carbons (Fsp3) is 0.333. The van der Waals surface area contributed by atoms with Crippen LogP contribution >= 0.6 is 0 Å². The van der Waals surface area contributed by atoms with Crippen molar-refractivity contribution in [1.29, 1.82) is 0 Å². The number of hydrogen-bond acceptors (Lipinski definition) is 2. The first-order valence-electron chi connectivity index (χ1n) is 7.73. The number of hydrogen-bond donors (Lipinski definition) is 1. The SMILES string of the molecule is Fc1ccc(C(OCC2CC2)c2ccccc2)cc1NC(F)(F)F. The fourth-order valence-corrected chi connectivity index (χ4v) is 2.48. The highest BCUT2D eigenvalue weighted by Gasteiger charge is 2.29. The lowest BCUT2D eigenvalue weighted by atomic mass is 10.0. The largest absolute Gasteiger partial charge is 0.482 e. The third kappa shape index (κ3) is 4.47. The average molecular weight is 339 g/mol. The number of rotatable bonds is 6. The number of halogens is 4. The van der Waals surface area contributed by atoms with Gasteiger partial charge < -0.3 is 4.74 Å². The molecule has 0 bridgehead atoms. The topological polar surface area (TPSA) is 21.3 Å². The van der Waals surface area contributed by atoms with E-state index in [2.05, 4.69) is 0 Å². The maximum atomic E-state index is 13.7. The van der Waals surface area contributed by atoms with Crippen molar-refractivity contribution in [3.8, 4) is 0 Å². The van der Waals surface area contributed by atoms with Gasteiger partial charge in [0.25, 0.3) is 0 Å². The highest BCUT2D eigenvalue weighted by atomic mass is 19.4. The van der Waals surface area contributed by atoms with E-state index in [1.54, 1.807) is 0 Å². The normalized spacial score (nSPS) is 16.0. The van der Waals surface area contributed by atoms with Crippen LogP contribution in [0.4, 0.5) is 23.2 Å². The smallest absolute Gasteiger partial charge is 0.368 e. The molecule has 0 radical (unpaired) electrons. The van der Waals surface area contributed by atoms with E-state index < -0.39 is 23.9 Å². The Labute approximate surface area is 137 Å². The molecule has 2 aromatic carbocycles. The lowest BCUT2D eigenvalue weighted by molar-refractivity contribution is -0.100. The van der Waals surface area contributed by atoms with Gasteiger partial charge in [0.05, 0.1) is 12.3 Å². The van der Waals surface area contributed by atoms with E-state index in [0.29, 0.717) is 18.1 Å². The molecule has 24 heavy (non-hydrogen) atoms. The van der Waals surface area contributed by atoms with Crippen LogP contribution in [0, 0.1) is 11.7 Å². The van der Waals surface area contributed by atoms with Gasteiger partial charge in [0.15, 0.2) is 0 Å². The van der Waals surface area contributed by atoms with Gasteiger partial charge in [-0.25, -0.2) is 4.39 Å². The third-order valence-electron chi connectivity index (χ3n) is 3.87. The van der Waals surface area contributed by atoms with Crippen LogP contribution in [0.15, 0.2) is 48.5 Å². The number of benzene rings is 2. The van der Waals surface area contributed by atoms with Crippen molar-refractivity contribution in [3.05, 3.63) is 65.5 Å². The van der Waals surface area contributed by atoms with Crippen LogP contribution in [0.2, 0.25) is 0 Å². The van der Waals surface area contributed by atoms with Crippen LogP contribution in [0.3, 0.4) is 0 Å². The highest BCUT2D eigenvalue weighted by molar-refractivity contribution is 5.49. The van der Waals surface area contributed by atoms with E-state index in [1.807, 2.05) is 30.3 Å². The van der Waals surface area contributed by atoms with Gasteiger partial charge in [-0.1, -0.05) is 36.4 Å². The zero-order valence-electron chi connectivity index (χ0n) is 12.8. The summed E-state index contributed by atoms with van der Waals surface area (Å²) in [6.45, 7) is 0.541. The van der Waals surface area contributed by atoms with Gasteiger partial charge in [0.2, 0.25) is 0 Å². The number of alkyl halides is 3. The minimum atomic E-state index is -4.70. The van der Waals surface area contributed by atoms with Crippen LogP contribution in [0.5, 0.6) is 0 Å². The first kappa shape index (κ1) is 16.8. The van der Waals surface area contributed by atoms with Crippen molar-refractivity contribution >= 4 is 5.69 Å². The second-order valence-electron chi connectivity index (χ2n) is 5.93. The highest BCUT2D eigenvalue weighted by Crippen LogP contribution is 2.35. The van der Waals surface area contributed by atoms with Crippen molar-refractivity contribution in [2.24, 2.45) is 5.92 Å². The Hall–Kier alpha value is -2.08.